The predicted molar refractivity (Wildman–Crippen MR) is 79.4 cm³/mol. The van der Waals surface area contributed by atoms with E-state index in [1.54, 1.807) is 7.11 Å². The molecule has 0 saturated heterocycles. The normalized spacial score (nSPS) is 11.9. The van der Waals surface area contributed by atoms with Crippen LogP contribution in [0.15, 0.2) is 48.5 Å². The summed E-state index contributed by atoms with van der Waals surface area (Å²) in [5.41, 5.74) is 1.12. The number of aromatic hydroxyl groups is 1. The Morgan fingerprint density at radius 1 is 1.29 bits per heavy atom. The van der Waals surface area contributed by atoms with Crippen LogP contribution >= 0.6 is 0 Å². The summed E-state index contributed by atoms with van der Waals surface area (Å²) in [5.74, 6) is -0.143. The zero-order valence-corrected chi connectivity index (χ0v) is 11.5. The molecule has 0 radical (unpaired) electrons. The van der Waals surface area contributed by atoms with Crippen LogP contribution in [0.5, 0.6) is 5.75 Å². The molecule has 6 heteroatoms. The molecule has 1 atom stereocenters. The van der Waals surface area contributed by atoms with E-state index in [0.717, 1.165) is 11.6 Å². The van der Waals surface area contributed by atoms with E-state index in [9.17, 15) is 15.2 Å². The van der Waals surface area contributed by atoms with Gasteiger partial charge in [-0.15, -0.1) is 0 Å². The highest BCUT2D eigenvalue weighted by Crippen LogP contribution is 2.31. The van der Waals surface area contributed by atoms with Crippen LogP contribution in [0.3, 0.4) is 0 Å². The molecule has 2 N–H and O–H groups in total. The van der Waals surface area contributed by atoms with Crippen LogP contribution in [0.4, 0.5) is 11.4 Å². The first-order chi connectivity index (χ1) is 10.1. The van der Waals surface area contributed by atoms with Gasteiger partial charge in [-0.1, -0.05) is 30.3 Å². The lowest BCUT2D eigenvalue weighted by Gasteiger charge is -2.19. The molecule has 110 valence electrons. The number of ether oxygens (including phenoxy) is 1. The van der Waals surface area contributed by atoms with Crippen molar-refractivity contribution in [3.63, 3.8) is 0 Å². The molecule has 2 aromatic rings. The highest BCUT2D eigenvalue weighted by molar-refractivity contribution is 5.64. The fraction of sp³-hybridized carbons (Fsp3) is 0.200. The van der Waals surface area contributed by atoms with Gasteiger partial charge in [-0.25, -0.2) is 0 Å². The standard InChI is InChI=1S/C15H16N2O4/c1-21-10-14(11-5-3-2-4-6-11)16-13-8-7-12(18)9-15(13)17(19)20/h2-9,14,16,18H,10H2,1H3. The number of hydrogen-bond acceptors (Lipinski definition) is 5. The predicted octanol–water partition coefficient (Wildman–Crippen LogP) is 3.10. The summed E-state index contributed by atoms with van der Waals surface area (Å²) in [6, 6.07) is 13.3. The first kappa shape index (κ1) is 14.8. The molecule has 2 rings (SSSR count). The van der Waals surface area contributed by atoms with Crippen molar-refractivity contribution in [2.45, 2.75) is 6.04 Å². The summed E-state index contributed by atoms with van der Waals surface area (Å²) >= 11 is 0. The summed E-state index contributed by atoms with van der Waals surface area (Å²) in [4.78, 5) is 10.5. The van der Waals surface area contributed by atoms with Crippen molar-refractivity contribution in [1.29, 1.82) is 0 Å². The average Bonchev–Trinajstić information content (AvgIpc) is 2.49. The first-order valence-electron chi connectivity index (χ1n) is 6.39. The smallest absolute Gasteiger partial charge is 0.296 e. The molecule has 0 bridgehead atoms. The van der Waals surface area contributed by atoms with Crippen LogP contribution in [0, 0.1) is 10.1 Å². The lowest BCUT2D eigenvalue weighted by atomic mass is 10.1. The van der Waals surface area contributed by atoms with Gasteiger partial charge in [0.25, 0.3) is 5.69 Å². The molecule has 0 aliphatic carbocycles. The monoisotopic (exact) mass is 288 g/mol. The molecular weight excluding hydrogens is 272 g/mol. The van der Waals surface area contributed by atoms with E-state index < -0.39 is 4.92 Å². The fourth-order valence-electron chi connectivity index (χ4n) is 2.05. The van der Waals surface area contributed by atoms with Crippen LogP contribution in [0.2, 0.25) is 0 Å². The van der Waals surface area contributed by atoms with Crippen molar-refractivity contribution >= 4 is 11.4 Å². The summed E-state index contributed by atoms with van der Waals surface area (Å²) < 4.78 is 5.17. The van der Waals surface area contributed by atoms with E-state index in [4.69, 9.17) is 4.74 Å². The zero-order valence-electron chi connectivity index (χ0n) is 11.5. The van der Waals surface area contributed by atoms with Crippen LogP contribution in [0.1, 0.15) is 11.6 Å². The SMILES string of the molecule is COCC(Nc1ccc(O)cc1[N+](=O)[O-])c1ccccc1. The summed E-state index contributed by atoms with van der Waals surface area (Å²) in [6.07, 6.45) is 0. The van der Waals surface area contributed by atoms with E-state index in [-0.39, 0.29) is 17.5 Å². The van der Waals surface area contributed by atoms with Gasteiger partial charge >= 0.3 is 0 Å². The third-order valence-electron chi connectivity index (χ3n) is 3.04. The zero-order chi connectivity index (χ0) is 15.2. The molecule has 6 nitrogen and oxygen atoms in total. The van der Waals surface area contributed by atoms with E-state index in [1.807, 2.05) is 30.3 Å². The number of phenolic OH excluding ortho intramolecular Hbond substituents is 1. The Morgan fingerprint density at radius 2 is 2.00 bits per heavy atom. The Hall–Kier alpha value is -2.60. The second kappa shape index (κ2) is 6.71. The van der Waals surface area contributed by atoms with Gasteiger partial charge in [0, 0.05) is 7.11 Å². The van der Waals surface area contributed by atoms with E-state index >= 15 is 0 Å². The van der Waals surface area contributed by atoms with Crippen molar-refractivity contribution in [2.24, 2.45) is 0 Å². The second-order valence-corrected chi connectivity index (χ2v) is 4.52. The van der Waals surface area contributed by atoms with E-state index in [1.165, 1.54) is 12.1 Å². The summed E-state index contributed by atoms with van der Waals surface area (Å²) in [5, 5.41) is 23.6. The molecule has 2 aromatic carbocycles. The number of nitrogens with zero attached hydrogens (tertiary/aromatic N) is 1. The highest BCUT2D eigenvalue weighted by Gasteiger charge is 2.19. The van der Waals surface area contributed by atoms with Gasteiger partial charge in [0.2, 0.25) is 0 Å². The van der Waals surface area contributed by atoms with E-state index in [0.29, 0.717) is 12.3 Å². The van der Waals surface area contributed by atoms with Crippen molar-refractivity contribution in [3.05, 3.63) is 64.2 Å². The molecule has 1 unspecified atom stereocenters. The molecule has 0 aliphatic rings. The number of nitro groups is 1. The van der Waals surface area contributed by atoms with Gasteiger partial charge in [-0.3, -0.25) is 10.1 Å². The molecule has 0 heterocycles. The molecule has 0 spiro atoms. The van der Waals surface area contributed by atoms with Gasteiger partial charge in [0.15, 0.2) is 0 Å². The maximum Gasteiger partial charge on any atom is 0.296 e. The van der Waals surface area contributed by atoms with Gasteiger partial charge < -0.3 is 15.2 Å². The molecule has 0 aliphatic heterocycles. The number of hydrogen-bond donors (Lipinski definition) is 2. The molecule has 21 heavy (non-hydrogen) atoms. The molecule has 0 amide bonds. The minimum atomic E-state index is -0.531. The van der Waals surface area contributed by atoms with Crippen LogP contribution in [-0.2, 0) is 4.74 Å². The number of nitro benzene ring substituents is 1. The van der Waals surface area contributed by atoms with Crippen LogP contribution < -0.4 is 5.32 Å². The average molecular weight is 288 g/mol. The van der Waals surface area contributed by atoms with Gasteiger partial charge in [0.05, 0.1) is 23.6 Å². The maximum absolute atomic E-state index is 11.1. The lowest BCUT2D eigenvalue weighted by Crippen LogP contribution is -2.17. The lowest BCUT2D eigenvalue weighted by molar-refractivity contribution is -0.384. The molecule has 0 fully saturated rings. The maximum atomic E-state index is 11.1. The van der Waals surface area contributed by atoms with Gasteiger partial charge in [0.1, 0.15) is 11.4 Å². The van der Waals surface area contributed by atoms with E-state index in [2.05, 4.69) is 5.32 Å². The number of rotatable bonds is 6. The minimum absolute atomic E-state index is 0.143. The third kappa shape index (κ3) is 3.70. The Labute approximate surface area is 122 Å². The van der Waals surface area contributed by atoms with Crippen LogP contribution in [0.25, 0.3) is 0 Å². The van der Waals surface area contributed by atoms with Crippen molar-refractivity contribution in [3.8, 4) is 5.75 Å². The Bertz CT molecular complexity index is 616. The van der Waals surface area contributed by atoms with Gasteiger partial charge in [-0.05, 0) is 17.7 Å². The summed E-state index contributed by atoms with van der Waals surface area (Å²) in [7, 11) is 1.57. The molecule has 0 aromatic heterocycles. The van der Waals surface area contributed by atoms with Crippen molar-refractivity contribution in [2.75, 3.05) is 19.0 Å². The quantitative estimate of drug-likeness (QED) is 0.484. The minimum Gasteiger partial charge on any atom is -0.508 e. The largest absolute Gasteiger partial charge is 0.508 e. The van der Waals surface area contributed by atoms with Crippen molar-refractivity contribution in [1.82, 2.24) is 0 Å². The molecule has 0 saturated carbocycles. The number of anilines is 1. The number of phenols is 1. The second-order valence-electron chi connectivity index (χ2n) is 4.52. The number of methoxy groups -OCH3 is 1. The molecular formula is C15H16N2O4. The van der Waals surface area contributed by atoms with Crippen LogP contribution in [-0.4, -0.2) is 23.7 Å². The Balaban J connectivity index is 2.31. The first-order valence-corrected chi connectivity index (χ1v) is 6.39. The van der Waals surface area contributed by atoms with Crippen molar-refractivity contribution < 1.29 is 14.8 Å². The summed E-state index contributed by atoms with van der Waals surface area (Å²) in [6.45, 7) is 0.363. The third-order valence-corrected chi connectivity index (χ3v) is 3.04. The van der Waals surface area contributed by atoms with Gasteiger partial charge in [-0.2, -0.15) is 0 Å². The Kier molecular flexibility index (Phi) is 4.73. The topological polar surface area (TPSA) is 84.6 Å². The fourth-order valence-corrected chi connectivity index (χ4v) is 2.05. The Morgan fingerprint density at radius 3 is 2.62 bits per heavy atom. The highest BCUT2D eigenvalue weighted by atomic mass is 16.6. The number of benzene rings is 2. The number of nitrogens with one attached hydrogen (secondary N) is 1.